The van der Waals surface area contributed by atoms with Gasteiger partial charge in [-0.05, 0) is 43.0 Å². The van der Waals surface area contributed by atoms with Gasteiger partial charge in [-0.25, -0.2) is 9.78 Å². The summed E-state index contributed by atoms with van der Waals surface area (Å²) in [6.45, 7) is 7.95. The number of ether oxygens (including phenoxy) is 1. The number of aromatic nitrogens is 1. The third-order valence-electron chi connectivity index (χ3n) is 3.33. The van der Waals surface area contributed by atoms with Gasteiger partial charge in [0.15, 0.2) is 6.23 Å². The molecule has 0 radical (unpaired) electrons. The van der Waals surface area contributed by atoms with Crippen LogP contribution in [0.5, 0.6) is 5.75 Å². The molecule has 0 fully saturated rings. The number of hydrogen-bond acceptors (Lipinski definition) is 3. The fraction of sp³-hybridized carbons (Fsp3) is 0.333. The summed E-state index contributed by atoms with van der Waals surface area (Å²) in [7, 11) is 0. The van der Waals surface area contributed by atoms with E-state index in [0.717, 1.165) is 16.9 Å². The van der Waals surface area contributed by atoms with Gasteiger partial charge in [0.1, 0.15) is 11.6 Å². The van der Waals surface area contributed by atoms with Gasteiger partial charge in [-0.2, -0.15) is 0 Å². The maximum absolute atomic E-state index is 12.0. The van der Waals surface area contributed by atoms with Crippen molar-refractivity contribution in [3.05, 3.63) is 53.7 Å². The number of benzene rings is 1. The highest BCUT2D eigenvalue weighted by atomic mass is 16.5. The Balaban J connectivity index is 1.93. The zero-order valence-corrected chi connectivity index (χ0v) is 14.0. The Morgan fingerprint density at radius 1 is 1.13 bits per heavy atom. The van der Waals surface area contributed by atoms with E-state index in [1.54, 1.807) is 19.2 Å². The van der Waals surface area contributed by atoms with Crippen molar-refractivity contribution in [1.29, 1.82) is 0 Å². The van der Waals surface area contributed by atoms with Crippen LogP contribution in [0.2, 0.25) is 0 Å². The Hall–Kier alpha value is -2.56. The van der Waals surface area contributed by atoms with Crippen molar-refractivity contribution in [2.45, 2.75) is 39.8 Å². The molecule has 5 nitrogen and oxygen atoms in total. The van der Waals surface area contributed by atoms with Crippen LogP contribution < -0.4 is 15.4 Å². The minimum atomic E-state index is -0.458. The van der Waals surface area contributed by atoms with Gasteiger partial charge in [-0.15, -0.1) is 0 Å². The lowest BCUT2D eigenvalue weighted by molar-refractivity contribution is 0.181. The molecule has 1 heterocycles. The van der Waals surface area contributed by atoms with E-state index in [1.807, 2.05) is 37.3 Å². The number of para-hydroxylation sites is 1. The Morgan fingerprint density at radius 3 is 2.52 bits per heavy atom. The average Bonchev–Trinajstić information content (AvgIpc) is 2.49. The van der Waals surface area contributed by atoms with Crippen molar-refractivity contribution in [3.8, 4) is 5.75 Å². The monoisotopic (exact) mass is 313 g/mol. The molecule has 0 spiro atoms. The molecule has 2 aromatic rings. The average molecular weight is 313 g/mol. The molecule has 0 aliphatic rings. The molecule has 0 aliphatic heterocycles. The topological polar surface area (TPSA) is 63.2 Å². The summed E-state index contributed by atoms with van der Waals surface area (Å²) < 4.78 is 5.84. The Bertz CT molecular complexity index is 654. The van der Waals surface area contributed by atoms with Crippen LogP contribution in [0.1, 0.15) is 37.8 Å². The second-order valence-corrected chi connectivity index (χ2v) is 5.77. The highest BCUT2D eigenvalue weighted by Gasteiger charge is 2.12. The Kier molecular flexibility index (Phi) is 5.57. The normalized spacial score (nSPS) is 11.9. The maximum Gasteiger partial charge on any atom is 0.323 e. The first-order valence-electron chi connectivity index (χ1n) is 7.71. The minimum Gasteiger partial charge on any atom is -0.471 e. The van der Waals surface area contributed by atoms with E-state index in [-0.39, 0.29) is 6.03 Å². The summed E-state index contributed by atoms with van der Waals surface area (Å²) in [5.41, 5.74) is 2.15. The quantitative estimate of drug-likeness (QED) is 0.818. The fourth-order valence-electron chi connectivity index (χ4n) is 2.16. The zero-order valence-electron chi connectivity index (χ0n) is 14.0. The van der Waals surface area contributed by atoms with Gasteiger partial charge in [0, 0.05) is 6.20 Å². The van der Waals surface area contributed by atoms with Crippen molar-refractivity contribution in [2.75, 3.05) is 5.32 Å². The molecule has 1 aromatic heterocycles. The van der Waals surface area contributed by atoms with Gasteiger partial charge in [0.25, 0.3) is 0 Å². The van der Waals surface area contributed by atoms with Crippen LogP contribution in [0.25, 0.3) is 0 Å². The van der Waals surface area contributed by atoms with Crippen molar-refractivity contribution >= 4 is 11.8 Å². The first kappa shape index (κ1) is 16.8. The van der Waals surface area contributed by atoms with Crippen LogP contribution in [-0.2, 0) is 0 Å². The van der Waals surface area contributed by atoms with Gasteiger partial charge < -0.3 is 10.1 Å². The predicted molar refractivity (Wildman–Crippen MR) is 91.7 cm³/mol. The van der Waals surface area contributed by atoms with Crippen LogP contribution in [0.4, 0.5) is 10.6 Å². The highest BCUT2D eigenvalue weighted by molar-refractivity contribution is 5.88. The Labute approximate surface area is 137 Å². The molecule has 0 aliphatic carbocycles. The summed E-state index contributed by atoms with van der Waals surface area (Å²) >= 11 is 0. The number of anilines is 1. The third-order valence-corrected chi connectivity index (χ3v) is 3.33. The minimum absolute atomic E-state index is 0.351. The standard InChI is InChI=1S/C18H23N3O2/c1-12(2)15-7-5-6-8-16(15)23-14(4)20-18(22)21-17-10-9-13(3)11-19-17/h5-12,14H,1-4H3,(H2,19,20,21,22). The fourth-order valence-corrected chi connectivity index (χ4v) is 2.16. The second kappa shape index (κ2) is 7.63. The van der Waals surface area contributed by atoms with E-state index in [9.17, 15) is 4.79 Å². The molecule has 0 bridgehead atoms. The second-order valence-electron chi connectivity index (χ2n) is 5.77. The molecule has 1 atom stereocenters. The lowest BCUT2D eigenvalue weighted by Crippen LogP contribution is -2.39. The highest BCUT2D eigenvalue weighted by Crippen LogP contribution is 2.26. The number of nitrogens with one attached hydrogen (secondary N) is 2. The number of rotatable bonds is 5. The molecule has 0 saturated heterocycles. The van der Waals surface area contributed by atoms with Crippen LogP contribution in [-0.4, -0.2) is 17.2 Å². The van der Waals surface area contributed by atoms with Gasteiger partial charge in [0.05, 0.1) is 0 Å². The van der Waals surface area contributed by atoms with Crippen molar-refractivity contribution in [3.63, 3.8) is 0 Å². The molecule has 1 unspecified atom stereocenters. The molecule has 2 N–H and O–H groups in total. The number of carbonyl (C=O) groups excluding carboxylic acids is 1. The van der Waals surface area contributed by atoms with Crippen molar-refractivity contribution in [1.82, 2.24) is 10.3 Å². The number of nitrogens with zero attached hydrogens (tertiary/aromatic N) is 1. The number of amides is 2. The third kappa shape index (κ3) is 4.98. The number of aryl methyl sites for hydroxylation is 1. The SMILES string of the molecule is Cc1ccc(NC(=O)NC(C)Oc2ccccc2C(C)C)nc1. The summed E-state index contributed by atoms with van der Waals surface area (Å²) in [5.74, 6) is 1.63. The lowest BCUT2D eigenvalue weighted by Gasteiger charge is -2.20. The van der Waals surface area contributed by atoms with Gasteiger partial charge in [-0.1, -0.05) is 38.1 Å². The van der Waals surface area contributed by atoms with Crippen LogP contribution in [0, 0.1) is 6.92 Å². The molecule has 5 heteroatoms. The molecule has 1 aromatic carbocycles. The smallest absolute Gasteiger partial charge is 0.323 e. The van der Waals surface area contributed by atoms with Crippen molar-refractivity contribution in [2.24, 2.45) is 0 Å². The summed E-state index contributed by atoms with van der Waals surface area (Å²) in [5, 5.41) is 5.43. The lowest BCUT2D eigenvalue weighted by atomic mass is 10.0. The van der Waals surface area contributed by atoms with E-state index in [2.05, 4.69) is 29.5 Å². The van der Waals surface area contributed by atoms with E-state index in [0.29, 0.717) is 11.7 Å². The van der Waals surface area contributed by atoms with Crippen LogP contribution in [0.3, 0.4) is 0 Å². The van der Waals surface area contributed by atoms with Crippen LogP contribution >= 0.6 is 0 Å². The molecule has 2 amide bonds. The molecular formula is C18H23N3O2. The van der Waals surface area contributed by atoms with Gasteiger partial charge in [0.2, 0.25) is 0 Å². The molecule has 23 heavy (non-hydrogen) atoms. The maximum atomic E-state index is 12.0. The number of pyridine rings is 1. The van der Waals surface area contributed by atoms with Crippen LogP contribution in [0.15, 0.2) is 42.6 Å². The predicted octanol–water partition coefficient (Wildman–Crippen LogP) is 4.06. The first-order chi connectivity index (χ1) is 11.0. The molecule has 122 valence electrons. The first-order valence-corrected chi connectivity index (χ1v) is 7.71. The molecule has 0 saturated carbocycles. The largest absolute Gasteiger partial charge is 0.471 e. The number of hydrogen-bond donors (Lipinski definition) is 2. The van der Waals surface area contributed by atoms with E-state index >= 15 is 0 Å². The Morgan fingerprint density at radius 2 is 1.87 bits per heavy atom. The number of urea groups is 1. The van der Waals surface area contributed by atoms with Gasteiger partial charge >= 0.3 is 6.03 Å². The van der Waals surface area contributed by atoms with Gasteiger partial charge in [-0.3, -0.25) is 5.32 Å². The molecule has 2 rings (SSSR count). The molecular weight excluding hydrogens is 290 g/mol. The summed E-state index contributed by atoms with van der Waals surface area (Å²) in [6, 6.07) is 11.1. The zero-order chi connectivity index (χ0) is 16.8. The van der Waals surface area contributed by atoms with E-state index in [1.165, 1.54) is 0 Å². The van der Waals surface area contributed by atoms with E-state index < -0.39 is 6.23 Å². The summed E-state index contributed by atoms with van der Waals surface area (Å²) in [6.07, 6.45) is 1.24. The summed E-state index contributed by atoms with van der Waals surface area (Å²) in [4.78, 5) is 16.1. The van der Waals surface area contributed by atoms with Crippen molar-refractivity contribution < 1.29 is 9.53 Å². The number of carbonyl (C=O) groups is 1. The van der Waals surface area contributed by atoms with E-state index in [4.69, 9.17) is 4.74 Å².